The highest BCUT2D eigenvalue weighted by molar-refractivity contribution is 7.99. The number of hydrogen-bond acceptors (Lipinski definition) is 6. The number of aromatic nitrogens is 4. The van der Waals surface area contributed by atoms with Crippen LogP contribution in [0.4, 0.5) is 5.69 Å². The van der Waals surface area contributed by atoms with Gasteiger partial charge in [0.2, 0.25) is 11.1 Å². The molecule has 3 aromatic rings. The molecule has 0 bridgehead atoms. The fraction of sp³-hybridized carbons (Fsp3) is 0.263. The van der Waals surface area contributed by atoms with Gasteiger partial charge in [-0.1, -0.05) is 29.5 Å². The van der Waals surface area contributed by atoms with Crippen molar-refractivity contribution in [3.05, 3.63) is 53.6 Å². The number of aryl methyl sites for hydroxylation is 2. The summed E-state index contributed by atoms with van der Waals surface area (Å²) in [6.07, 6.45) is 0. The molecule has 0 unspecified atom stereocenters. The lowest BCUT2D eigenvalue weighted by Gasteiger charge is -2.09. The highest BCUT2D eigenvalue weighted by Crippen LogP contribution is 2.21. The number of benzene rings is 2. The first-order valence-electron chi connectivity index (χ1n) is 8.58. The second-order valence-corrected chi connectivity index (χ2v) is 6.90. The Labute approximate surface area is 162 Å². The first-order chi connectivity index (χ1) is 13.1. The van der Waals surface area contributed by atoms with Crippen molar-refractivity contribution >= 4 is 23.4 Å². The largest absolute Gasteiger partial charge is 0.494 e. The third-order valence-electron chi connectivity index (χ3n) is 3.82. The number of thioether (sulfide) groups is 1. The van der Waals surface area contributed by atoms with Gasteiger partial charge in [-0.3, -0.25) is 4.79 Å². The highest BCUT2D eigenvalue weighted by atomic mass is 32.2. The van der Waals surface area contributed by atoms with E-state index in [1.807, 2.05) is 63.2 Å². The zero-order valence-corrected chi connectivity index (χ0v) is 16.3. The van der Waals surface area contributed by atoms with E-state index in [-0.39, 0.29) is 11.7 Å². The van der Waals surface area contributed by atoms with E-state index in [0.717, 1.165) is 28.3 Å². The monoisotopic (exact) mass is 383 g/mol. The van der Waals surface area contributed by atoms with Crippen molar-refractivity contribution in [3.63, 3.8) is 0 Å². The molecule has 0 aliphatic carbocycles. The number of nitrogens with zero attached hydrogens (tertiary/aromatic N) is 4. The normalized spacial score (nSPS) is 10.6. The number of carbonyl (C=O) groups excluding carboxylic acids is 1. The van der Waals surface area contributed by atoms with E-state index in [2.05, 4.69) is 20.8 Å². The summed E-state index contributed by atoms with van der Waals surface area (Å²) in [7, 11) is 0. The summed E-state index contributed by atoms with van der Waals surface area (Å²) in [5, 5.41) is 15.2. The van der Waals surface area contributed by atoms with Crippen molar-refractivity contribution in [3.8, 4) is 11.4 Å². The van der Waals surface area contributed by atoms with Crippen LogP contribution in [0, 0.1) is 13.8 Å². The third kappa shape index (κ3) is 4.85. The highest BCUT2D eigenvalue weighted by Gasteiger charge is 2.12. The second-order valence-electron chi connectivity index (χ2n) is 5.96. The van der Waals surface area contributed by atoms with Crippen molar-refractivity contribution in [2.45, 2.75) is 25.9 Å². The molecule has 1 heterocycles. The summed E-state index contributed by atoms with van der Waals surface area (Å²) in [4.78, 5) is 12.3. The van der Waals surface area contributed by atoms with E-state index in [1.54, 1.807) is 4.68 Å². The first kappa shape index (κ1) is 18.9. The fourth-order valence-corrected chi connectivity index (χ4v) is 3.24. The maximum absolute atomic E-state index is 12.3. The van der Waals surface area contributed by atoms with Gasteiger partial charge in [0.05, 0.1) is 18.0 Å². The van der Waals surface area contributed by atoms with Gasteiger partial charge >= 0.3 is 0 Å². The van der Waals surface area contributed by atoms with E-state index in [0.29, 0.717) is 11.8 Å². The van der Waals surface area contributed by atoms with Crippen molar-refractivity contribution in [1.29, 1.82) is 0 Å². The summed E-state index contributed by atoms with van der Waals surface area (Å²) >= 11 is 1.28. The van der Waals surface area contributed by atoms with Gasteiger partial charge in [0.25, 0.3) is 0 Å². The molecule has 2 aromatic carbocycles. The van der Waals surface area contributed by atoms with E-state index >= 15 is 0 Å². The lowest BCUT2D eigenvalue weighted by Crippen LogP contribution is -2.15. The van der Waals surface area contributed by atoms with E-state index in [9.17, 15) is 4.79 Å². The lowest BCUT2D eigenvalue weighted by atomic mass is 10.1. The van der Waals surface area contributed by atoms with Crippen LogP contribution in [0.15, 0.2) is 47.6 Å². The molecule has 0 spiro atoms. The number of carbonyl (C=O) groups is 1. The molecular weight excluding hydrogens is 362 g/mol. The summed E-state index contributed by atoms with van der Waals surface area (Å²) in [6, 6.07) is 13.4. The quantitative estimate of drug-likeness (QED) is 0.630. The van der Waals surface area contributed by atoms with Crippen molar-refractivity contribution in [2.24, 2.45) is 0 Å². The molecular formula is C19H21N5O2S. The van der Waals surface area contributed by atoms with Crippen LogP contribution in [0.25, 0.3) is 5.69 Å². The average Bonchev–Trinajstić information content (AvgIpc) is 3.12. The van der Waals surface area contributed by atoms with Gasteiger partial charge in [-0.05, 0) is 67.1 Å². The molecule has 140 valence electrons. The van der Waals surface area contributed by atoms with Gasteiger partial charge in [0.1, 0.15) is 5.75 Å². The van der Waals surface area contributed by atoms with Crippen molar-refractivity contribution < 1.29 is 9.53 Å². The Kier molecular flexibility index (Phi) is 6.08. The van der Waals surface area contributed by atoms with Crippen molar-refractivity contribution in [2.75, 3.05) is 17.7 Å². The van der Waals surface area contributed by atoms with Crippen LogP contribution in [0.1, 0.15) is 18.1 Å². The zero-order chi connectivity index (χ0) is 19.2. The molecule has 1 N–H and O–H groups in total. The SMILES string of the molecule is CCOc1ccc(-n2nnnc2SCC(=O)Nc2ccc(C)cc2C)cc1. The molecule has 0 aliphatic heterocycles. The van der Waals surface area contributed by atoms with E-state index in [4.69, 9.17) is 4.74 Å². The third-order valence-corrected chi connectivity index (χ3v) is 4.74. The Bertz CT molecular complexity index is 924. The number of amides is 1. The smallest absolute Gasteiger partial charge is 0.234 e. The Morgan fingerprint density at radius 2 is 1.96 bits per heavy atom. The predicted molar refractivity (Wildman–Crippen MR) is 106 cm³/mol. The molecule has 0 radical (unpaired) electrons. The van der Waals surface area contributed by atoms with Gasteiger partial charge in [0.15, 0.2) is 0 Å². The van der Waals surface area contributed by atoms with Crippen LogP contribution in [0.5, 0.6) is 5.75 Å². The van der Waals surface area contributed by atoms with Crippen LogP contribution in [-0.4, -0.2) is 38.5 Å². The Morgan fingerprint density at radius 3 is 2.67 bits per heavy atom. The molecule has 0 atom stereocenters. The average molecular weight is 383 g/mol. The van der Waals surface area contributed by atoms with Gasteiger partial charge in [-0.25, -0.2) is 0 Å². The van der Waals surface area contributed by atoms with Crippen LogP contribution in [0.3, 0.4) is 0 Å². The summed E-state index contributed by atoms with van der Waals surface area (Å²) in [5.41, 5.74) is 3.82. The van der Waals surface area contributed by atoms with Crippen molar-refractivity contribution in [1.82, 2.24) is 20.2 Å². The van der Waals surface area contributed by atoms with Crippen LogP contribution in [0.2, 0.25) is 0 Å². The molecule has 0 saturated carbocycles. The van der Waals surface area contributed by atoms with E-state index in [1.165, 1.54) is 11.8 Å². The minimum absolute atomic E-state index is 0.104. The van der Waals surface area contributed by atoms with Gasteiger partial charge < -0.3 is 10.1 Å². The fourth-order valence-electron chi connectivity index (χ4n) is 2.55. The summed E-state index contributed by atoms with van der Waals surface area (Å²) in [6.45, 7) is 6.55. The van der Waals surface area contributed by atoms with Gasteiger partial charge in [-0.2, -0.15) is 4.68 Å². The van der Waals surface area contributed by atoms with Gasteiger partial charge in [0, 0.05) is 5.69 Å². The predicted octanol–water partition coefficient (Wildman–Crippen LogP) is 3.41. The van der Waals surface area contributed by atoms with Gasteiger partial charge in [-0.15, -0.1) is 5.10 Å². The Balaban J connectivity index is 1.63. The number of hydrogen-bond donors (Lipinski definition) is 1. The van der Waals surface area contributed by atoms with Crippen LogP contribution >= 0.6 is 11.8 Å². The summed E-state index contributed by atoms with van der Waals surface area (Å²) in [5.74, 6) is 0.898. The number of ether oxygens (including phenoxy) is 1. The number of tetrazole rings is 1. The molecule has 8 heteroatoms. The van der Waals surface area contributed by atoms with E-state index < -0.39 is 0 Å². The molecule has 1 aromatic heterocycles. The summed E-state index contributed by atoms with van der Waals surface area (Å²) < 4.78 is 7.04. The molecule has 0 aliphatic rings. The second kappa shape index (κ2) is 8.68. The van der Waals surface area contributed by atoms with Crippen LogP contribution < -0.4 is 10.1 Å². The maximum atomic E-state index is 12.3. The van der Waals surface area contributed by atoms with Crippen LogP contribution in [-0.2, 0) is 4.79 Å². The first-order valence-corrected chi connectivity index (χ1v) is 9.57. The lowest BCUT2D eigenvalue weighted by molar-refractivity contribution is -0.113. The maximum Gasteiger partial charge on any atom is 0.234 e. The molecule has 1 amide bonds. The minimum atomic E-state index is -0.104. The molecule has 27 heavy (non-hydrogen) atoms. The topological polar surface area (TPSA) is 81.9 Å². The number of rotatable bonds is 7. The molecule has 0 saturated heterocycles. The molecule has 3 rings (SSSR count). The standard InChI is InChI=1S/C19H21N5O2S/c1-4-26-16-8-6-15(7-9-16)24-19(21-22-23-24)27-12-18(25)20-17-10-5-13(2)11-14(17)3/h5-11H,4,12H2,1-3H3,(H,20,25). The Morgan fingerprint density at radius 1 is 1.19 bits per heavy atom. The Hall–Kier alpha value is -2.87. The number of anilines is 1. The molecule has 7 nitrogen and oxygen atoms in total. The molecule has 0 fully saturated rings. The minimum Gasteiger partial charge on any atom is -0.494 e. The number of nitrogens with one attached hydrogen (secondary N) is 1. The zero-order valence-electron chi connectivity index (χ0n) is 15.5.